The molecule has 0 aromatic carbocycles. The van der Waals surface area contributed by atoms with Gasteiger partial charge >= 0.3 is 0 Å². The zero-order valence-corrected chi connectivity index (χ0v) is 21.0. The summed E-state index contributed by atoms with van der Waals surface area (Å²) >= 11 is 0. The van der Waals surface area contributed by atoms with E-state index in [9.17, 15) is 9.59 Å². The van der Waals surface area contributed by atoms with Gasteiger partial charge in [0.2, 0.25) is 5.91 Å². The summed E-state index contributed by atoms with van der Waals surface area (Å²) < 4.78 is 1.92. The van der Waals surface area contributed by atoms with Crippen molar-refractivity contribution in [1.82, 2.24) is 29.5 Å². The van der Waals surface area contributed by atoms with Crippen molar-refractivity contribution in [2.75, 3.05) is 45.8 Å². The molecular formula is C26H38N6O2. The van der Waals surface area contributed by atoms with Gasteiger partial charge in [-0.05, 0) is 51.0 Å². The number of amides is 2. The van der Waals surface area contributed by atoms with E-state index in [1.54, 1.807) is 6.20 Å². The van der Waals surface area contributed by atoms with Crippen molar-refractivity contribution in [3.8, 4) is 0 Å². The predicted molar refractivity (Wildman–Crippen MR) is 132 cm³/mol. The van der Waals surface area contributed by atoms with Crippen molar-refractivity contribution >= 4 is 22.8 Å². The van der Waals surface area contributed by atoms with Gasteiger partial charge < -0.3 is 9.80 Å². The molecule has 34 heavy (non-hydrogen) atoms. The van der Waals surface area contributed by atoms with Gasteiger partial charge in [0.05, 0.1) is 23.7 Å². The average Bonchev–Trinajstić information content (AvgIpc) is 3.56. The van der Waals surface area contributed by atoms with Crippen molar-refractivity contribution in [3.63, 3.8) is 0 Å². The number of carbonyl (C=O) groups excluding carboxylic acids is 2. The Morgan fingerprint density at radius 3 is 2.32 bits per heavy atom. The molecule has 2 atom stereocenters. The Balaban J connectivity index is 1.26. The van der Waals surface area contributed by atoms with Gasteiger partial charge in [0.15, 0.2) is 5.65 Å². The SMILES string of the molecule is CC(C)n1ncc2c(C(=O)N3CCN(CC(=O)N4C[C@@H](C)C[C@H](C)C4)CC3)cc(C3CC3)nc21. The first-order valence-electron chi connectivity index (χ1n) is 13.0. The average molecular weight is 467 g/mol. The molecule has 2 saturated heterocycles. The lowest BCUT2D eigenvalue weighted by Gasteiger charge is -2.38. The fraction of sp³-hybridized carbons (Fsp3) is 0.692. The van der Waals surface area contributed by atoms with Crippen molar-refractivity contribution in [1.29, 1.82) is 0 Å². The molecule has 1 aliphatic carbocycles. The molecule has 2 amide bonds. The van der Waals surface area contributed by atoms with E-state index in [-0.39, 0.29) is 17.9 Å². The van der Waals surface area contributed by atoms with E-state index in [0.29, 0.717) is 37.4 Å². The van der Waals surface area contributed by atoms with Gasteiger partial charge in [-0.25, -0.2) is 9.67 Å². The maximum Gasteiger partial charge on any atom is 0.254 e. The number of hydrogen-bond donors (Lipinski definition) is 0. The van der Waals surface area contributed by atoms with Crippen LogP contribution in [0, 0.1) is 11.8 Å². The van der Waals surface area contributed by atoms with Crippen LogP contribution in [0.2, 0.25) is 0 Å². The molecule has 0 spiro atoms. The molecule has 0 unspecified atom stereocenters. The van der Waals surface area contributed by atoms with Gasteiger partial charge in [0.25, 0.3) is 5.91 Å². The van der Waals surface area contributed by atoms with Crippen LogP contribution < -0.4 is 0 Å². The minimum absolute atomic E-state index is 0.0577. The third-order valence-corrected chi connectivity index (χ3v) is 7.54. The lowest BCUT2D eigenvalue weighted by Crippen LogP contribution is -2.53. The van der Waals surface area contributed by atoms with E-state index in [0.717, 1.165) is 61.3 Å². The second-order valence-corrected chi connectivity index (χ2v) is 11.1. The number of hydrogen-bond acceptors (Lipinski definition) is 5. The molecule has 0 N–H and O–H groups in total. The minimum Gasteiger partial charge on any atom is -0.341 e. The maximum atomic E-state index is 13.6. The first kappa shape index (κ1) is 23.3. The highest BCUT2D eigenvalue weighted by molar-refractivity contribution is 6.05. The van der Waals surface area contributed by atoms with Gasteiger partial charge in [0, 0.05) is 56.9 Å². The smallest absolute Gasteiger partial charge is 0.254 e. The van der Waals surface area contributed by atoms with E-state index < -0.39 is 0 Å². The van der Waals surface area contributed by atoms with Crippen LogP contribution >= 0.6 is 0 Å². The lowest BCUT2D eigenvalue weighted by molar-refractivity contribution is -0.135. The highest BCUT2D eigenvalue weighted by Crippen LogP contribution is 2.40. The quantitative estimate of drug-likeness (QED) is 0.677. The number of aromatic nitrogens is 3. The van der Waals surface area contributed by atoms with Crippen LogP contribution in [0.1, 0.15) is 75.0 Å². The molecule has 8 heteroatoms. The van der Waals surface area contributed by atoms with Gasteiger partial charge in [-0.1, -0.05) is 13.8 Å². The summed E-state index contributed by atoms with van der Waals surface area (Å²) in [5.41, 5.74) is 2.56. The molecule has 0 radical (unpaired) electrons. The van der Waals surface area contributed by atoms with Crippen molar-refractivity contribution < 1.29 is 9.59 Å². The van der Waals surface area contributed by atoms with E-state index in [1.807, 2.05) is 20.5 Å². The van der Waals surface area contributed by atoms with E-state index in [4.69, 9.17) is 4.98 Å². The third kappa shape index (κ3) is 4.69. The monoisotopic (exact) mass is 466 g/mol. The number of piperidine rings is 1. The summed E-state index contributed by atoms with van der Waals surface area (Å²) in [5.74, 6) is 1.89. The van der Waals surface area contributed by atoms with Gasteiger partial charge in [-0.15, -0.1) is 0 Å². The molecule has 1 saturated carbocycles. The van der Waals surface area contributed by atoms with Gasteiger partial charge in [-0.3, -0.25) is 14.5 Å². The molecule has 184 valence electrons. The summed E-state index contributed by atoms with van der Waals surface area (Å²) in [6.45, 7) is 13.6. The maximum absolute atomic E-state index is 13.6. The van der Waals surface area contributed by atoms with Crippen LogP contribution in [0.25, 0.3) is 11.0 Å². The Morgan fingerprint density at radius 2 is 1.71 bits per heavy atom. The van der Waals surface area contributed by atoms with E-state index in [2.05, 4.69) is 37.7 Å². The Bertz CT molecular complexity index is 1060. The van der Waals surface area contributed by atoms with Crippen molar-refractivity contribution in [2.45, 2.75) is 58.9 Å². The summed E-state index contributed by atoms with van der Waals surface area (Å²) in [6, 6.07) is 2.19. The van der Waals surface area contributed by atoms with Crippen molar-refractivity contribution in [3.05, 3.63) is 23.5 Å². The van der Waals surface area contributed by atoms with Crippen LogP contribution in [0.3, 0.4) is 0 Å². The summed E-state index contributed by atoms with van der Waals surface area (Å²) in [6.07, 6.45) is 5.28. The topological polar surface area (TPSA) is 74.6 Å². The molecule has 0 bridgehead atoms. The van der Waals surface area contributed by atoms with Crippen LogP contribution in [-0.4, -0.2) is 87.1 Å². The number of pyridine rings is 1. The first-order valence-corrected chi connectivity index (χ1v) is 13.0. The second kappa shape index (κ2) is 9.29. The Morgan fingerprint density at radius 1 is 1.03 bits per heavy atom. The minimum atomic E-state index is 0.0577. The van der Waals surface area contributed by atoms with Crippen LogP contribution in [0.15, 0.2) is 12.3 Å². The highest BCUT2D eigenvalue weighted by Gasteiger charge is 2.31. The fourth-order valence-corrected chi connectivity index (χ4v) is 5.62. The number of likely N-dealkylation sites (tertiary alicyclic amines) is 1. The predicted octanol–water partition coefficient (Wildman–Crippen LogP) is 3.15. The van der Waals surface area contributed by atoms with Gasteiger partial charge in [0.1, 0.15) is 0 Å². The number of nitrogens with zero attached hydrogens (tertiary/aromatic N) is 6. The van der Waals surface area contributed by atoms with E-state index in [1.165, 1.54) is 6.42 Å². The molecule has 4 heterocycles. The van der Waals surface area contributed by atoms with Crippen molar-refractivity contribution in [2.24, 2.45) is 11.8 Å². The molecule has 2 aromatic rings. The molecule has 5 rings (SSSR count). The highest BCUT2D eigenvalue weighted by atomic mass is 16.2. The second-order valence-electron chi connectivity index (χ2n) is 11.1. The fourth-order valence-electron chi connectivity index (χ4n) is 5.62. The van der Waals surface area contributed by atoms with Crippen LogP contribution in [0.5, 0.6) is 0 Å². The normalized spacial score (nSPS) is 24.3. The molecule has 3 fully saturated rings. The largest absolute Gasteiger partial charge is 0.341 e. The zero-order chi connectivity index (χ0) is 24.0. The third-order valence-electron chi connectivity index (χ3n) is 7.54. The Labute approximate surface area is 202 Å². The Hall–Kier alpha value is -2.48. The van der Waals surface area contributed by atoms with Crippen LogP contribution in [0.4, 0.5) is 0 Å². The first-order chi connectivity index (χ1) is 16.3. The number of rotatable bonds is 5. The molecule has 3 aliphatic rings. The summed E-state index contributed by atoms with van der Waals surface area (Å²) in [7, 11) is 0. The molecule has 2 aromatic heterocycles. The number of piperazine rings is 1. The summed E-state index contributed by atoms with van der Waals surface area (Å²) in [5, 5.41) is 5.38. The summed E-state index contributed by atoms with van der Waals surface area (Å²) in [4.78, 5) is 37.6. The van der Waals surface area contributed by atoms with Gasteiger partial charge in [-0.2, -0.15) is 5.10 Å². The molecular weight excluding hydrogens is 428 g/mol. The Kier molecular flexibility index (Phi) is 6.35. The number of carbonyl (C=O) groups is 2. The number of fused-ring (bicyclic) bond motifs is 1. The molecule has 2 aliphatic heterocycles. The lowest BCUT2D eigenvalue weighted by atomic mass is 9.92. The van der Waals surface area contributed by atoms with E-state index >= 15 is 0 Å². The standard InChI is InChI=1S/C26H38N6O2/c1-17(2)32-25-22(13-27-32)21(12-23(28-25)20-5-6-20)26(34)30-9-7-29(8-10-30)16-24(33)31-14-18(3)11-19(4)15-31/h12-13,17-20H,5-11,14-16H2,1-4H3/t18-,19-/m0/s1. The van der Waals surface area contributed by atoms with Crippen LogP contribution in [-0.2, 0) is 4.79 Å². The molecule has 8 nitrogen and oxygen atoms in total. The zero-order valence-electron chi connectivity index (χ0n) is 21.0.